The van der Waals surface area contributed by atoms with Crippen LogP contribution >= 0.6 is 11.6 Å². The Bertz CT molecular complexity index is 1650. The topological polar surface area (TPSA) is 108 Å². The van der Waals surface area contributed by atoms with Gasteiger partial charge < -0.3 is 14.4 Å². The summed E-state index contributed by atoms with van der Waals surface area (Å²) in [5, 5.41) is 8.13. The molecule has 0 saturated carbocycles. The number of rotatable bonds is 6. The summed E-state index contributed by atoms with van der Waals surface area (Å²) in [4.78, 5) is 35.5. The van der Waals surface area contributed by atoms with Gasteiger partial charge in [-0.05, 0) is 43.7 Å². The Morgan fingerprint density at radius 1 is 1.17 bits per heavy atom. The number of amides is 1. The molecule has 35 heavy (non-hydrogen) atoms. The molecule has 0 bridgehead atoms. The number of aryl methyl sites for hydroxylation is 3. The van der Waals surface area contributed by atoms with Crippen LogP contribution in [-0.2, 0) is 24.3 Å². The van der Waals surface area contributed by atoms with Crippen LogP contribution in [0.3, 0.4) is 0 Å². The maximum Gasteiger partial charge on any atom is 0.278 e. The third-order valence-electron chi connectivity index (χ3n) is 5.89. The lowest BCUT2D eigenvalue weighted by Gasteiger charge is -2.11. The fraction of sp³-hybridized carbons (Fsp3) is 0.240. The van der Waals surface area contributed by atoms with Crippen molar-refractivity contribution in [1.29, 1.82) is 0 Å². The third kappa shape index (κ3) is 4.30. The van der Waals surface area contributed by atoms with Crippen molar-refractivity contribution in [3.05, 3.63) is 80.9 Å². The molecular formula is C25H23ClN6O3. The van der Waals surface area contributed by atoms with E-state index in [1.54, 1.807) is 16.7 Å². The number of nitrogens with one attached hydrogen (secondary N) is 1. The Kier molecular flexibility index (Phi) is 5.86. The molecule has 9 nitrogen and oxygen atoms in total. The highest BCUT2D eigenvalue weighted by molar-refractivity contribution is 6.31. The van der Waals surface area contributed by atoms with Crippen LogP contribution in [0.1, 0.15) is 29.8 Å². The molecule has 0 radical (unpaired) electrons. The third-order valence-corrected chi connectivity index (χ3v) is 6.12. The van der Waals surface area contributed by atoms with Gasteiger partial charge in [0.25, 0.3) is 5.56 Å². The minimum absolute atomic E-state index is 0.0729. The van der Waals surface area contributed by atoms with Gasteiger partial charge in [-0.3, -0.25) is 14.2 Å². The van der Waals surface area contributed by atoms with Gasteiger partial charge >= 0.3 is 0 Å². The van der Waals surface area contributed by atoms with Gasteiger partial charge in [0.05, 0.1) is 11.8 Å². The quantitative estimate of drug-likeness (QED) is 0.381. The summed E-state index contributed by atoms with van der Waals surface area (Å²) in [5.74, 6) is 0.603. The molecule has 0 atom stereocenters. The maximum atomic E-state index is 13.6. The van der Waals surface area contributed by atoms with Crippen LogP contribution in [0.15, 0.2) is 52.0 Å². The normalized spacial score (nSPS) is 11.4. The Hall–Kier alpha value is -3.98. The first-order valence-corrected chi connectivity index (χ1v) is 11.6. The van der Waals surface area contributed by atoms with E-state index in [0.29, 0.717) is 39.9 Å². The van der Waals surface area contributed by atoms with Crippen molar-refractivity contribution in [2.75, 3.05) is 5.32 Å². The molecule has 0 spiro atoms. The summed E-state index contributed by atoms with van der Waals surface area (Å²) < 4.78 is 8.37. The second-order valence-electron chi connectivity index (χ2n) is 8.45. The summed E-state index contributed by atoms with van der Waals surface area (Å²) >= 11 is 6.10. The van der Waals surface area contributed by atoms with Crippen molar-refractivity contribution in [2.45, 2.75) is 40.3 Å². The van der Waals surface area contributed by atoms with E-state index in [4.69, 9.17) is 16.1 Å². The van der Waals surface area contributed by atoms with Crippen LogP contribution in [0.5, 0.6) is 0 Å². The van der Waals surface area contributed by atoms with E-state index >= 15 is 0 Å². The molecular weight excluding hydrogens is 468 g/mol. The van der Waals surface area contributed by atoms with E-state index in [9.17, 15) is 9.59 Å². The van der Waals surface area contributed by atoms with Crippen molar-refractivity contribution in [3.63, 3.8) is 0 Å². The number of halogens is 1. The predicted octanol–water partition coefficient (Wildman–Crippen LogP) is 4.25. The average molecular weight is 491 g/mol. The minimum Gasteiger partial charge on any atom is -0.337 e. The van der Waals surface area contributed by atoms with Crippen molar-refractivity contribution in [2.24, 2.45) is 0 Å². The van der Waals surface area contributed by atoms with Gasteiger partial charge in [0.1, 0.15) is 24.1 Å². The number of hydrogen-bond donors (Lipinski definition) is 1. The zero-order chi connectivity index (χ0) is 24.7. The zero-order valence-corrected chi connectivity index (χ0v) is 20.3. The fourth-order valence-corrected chi connectivity index (χ4v) is 4.27. The number of fused-ring (bicyclic) bond motifs is 3. The average Bonchev–Trinajstić information content (AvgIpc) is 3.40. The van der Waals surface area contributed by atoms with Crippen LogP contribution in [0.4, 0.5) is 5.69 Å². The molecule has 1 amide bonds. The number of carbonyl (C=O) groups is 1. The van der Waals surface area contributed by atoms with E-state index in [2.05, 4.69) is 20.4 Å². The second-order valence-corrected chi connectivity index (χ2v) is 8.88. The Morgan fingerprint density at radius 3 is 2.77 bits per heavy atom. The van der Waals surface area contributed by atoms with Crippen molar-refractivity contribution in [1.82, 2.24) is 24.3 Å². The molecule has 10 heteroatoms. The molecule has 0 aliphatic carbocycles. The number of hydrogen-bond acceptors (Lipinski definition) is 6. The monoisotopic (exact) mass is 490 g/mol. The maximum absolute atomic E-state index is 13.6. The van der Waals surface area contributed by atoms with E-state index in [0.717, 1.165) is 22.0 Å². The van der Waals surface area contributed by atoms with E-state index < -0.39 is 0 Å². The van der Waals surface area contributed by atoms with Crippen LogP contribution < -0.4 is 10.9 Å². The number of nitrogens with zero attached hydrogens (tertiary/aromatic N) is 5. The molecule has 3 aromatic heterocycles. The highest BCUT2D eigenvalue weighted by Gasteiger charge is 2.20. The number of benzene rings is 2. The van der Waals surface area contributed by atoms with E-state index in [1.165, 1.54) is 10.9 Å². The van der Waals surface area contributed by atoms with Crippen molar-refractivity contribution < 1.29 is 9.32 Å². The van der Waals surface area contributed by atoms with Gasteiger partial charge in [0.15, 0.2) is 5.82 Å². The Balaban J connectivity index is 1.59. The summed E-state index contributed by atoms with van der Waals surface area (Å²) in [6.45, 7) is 5.79. The summed E-state index contributed by atoms with van der Waals surface area (Å²) in [7, 11) is 0. The molecule has 5 aromatic rings. The van der Waals surface area contributed by atoms with Gasteiger partial charge in [-0.15, -0.1) is 0 Å². The SMILES string of the molecule is CCc1noc(Cn2cnc3c4cc(C)ccc4n(CC(=O)Nc4cc(Cl)ccc4C)c3c2=O)n1. The predicted molar refractivity (Wildman–Crippen MR) is 134 cm³/mol. The van der Waals surface area contributed by atoms with E-state index in [-0.39, 0.29) is 24.6 Å². The second kappa shape index (κ2) is 8.99. The summed E-state index contributed by atoms with van der Waals surface area (Å²) in [6, 6.07) is 11.1. The van der Waals surface area contributed by atoms with Crippen molar-refractivity contribution in [3.8, 4) is 0 Å². The van der Waals surface area contributed by atoms with Gasteiger partial charge in [-0.2, -0.15) is 4.98 Å². The minimum atomic E-state index is -0.299. The summed E-state index contributed by atoms with van der Waals surface area (Å²) in [5.41, 5.74) is 3.86. The Labute approximate surface area is 205 Å². The highest BCUT2D eigenvalue weighted by atomic mass is 35.5. The molecule has 5 rings (SSSR count). The molecule has 1 N–H and O–H groups in total. The zero-order valence-electron chi connectivity index (χ0n) is 19.5. The molecule has 0 unspecified atom stereocenters. The lowest BCUT2D eigenvalue weighted by atomic mass is 10.1. The van der Waals surface area contributed by atoms with Gasteiger partial charge in [0.2, 0.25) is 11.8 Å². The standard InChI is InChI=1S/C25H23ClN6O3/c1-4-20-29-22(35-30-20)12-31-13-27-23-17-9-14(2)5-8-19(17)32(24(23)25(31)34)11-21(33)28-18-10-16(26)7-6-15(18)3/h5-10,13H,4,11-12H2,1-3H3,(H,28,33). The molecule has 178 valence electrons. The van der Waals surface area contributed by atoms with E-state index in [1.807, 2.05) is 45.0 Å². The summed E-state index contributed by atoms with van der Waals surface area (Å²) in [6.07, 6.45) is 2.10. The number of anilines is 1. The lowest BCUT2D eigenvalue weighted by molar-refractivity contribution is -0.116. The smallest absolute Gasteiger partial charge is 0.278 e. The fourth-order valence-electron chi connectivity index (χ4n) is 4.10. The first kappa shape index (κ1) is 22.8. The molecule has 2 aromatic carbocycles. The van der Waals surface area contributed by atoms with Crippen LogP contribution in [-0.4, -0.2) is 30.2 Å². The molecule has 3 heterocycles. The van der Waals surface area contributed by atoms with Gasteiger partial charge in [0, 0.05) is 22.5 Å². The first-order valence-electron chi connectivity index (χ1n) is 11.2. The highest BCUT2D eigenvalue weighted by Crippen LogP contribution is 2.27. The molecule has 0 saturated heterocycles. The van der Waals surface area contributed by atoms with Crippen LogP contribution in [0, 0.1) is 13.8 Å². The number of carbonyl (C=O) groups excluding carboxylic acids is 1. The van der Waals surface area contributed by atoms with Crippen LogP contribution in [0.25, 0.3) is 21.9 Å². The van der Waals surface area contributed by atoms with Crippen LogP contribution in [0.2, 0.25) is 5.02 Å². The molecule has 0 fully saturated rings. The molecule has 0 aliphatic heterocycles. The first-order chi connectivity index (χ1) is 16.8. The van der Waals surface area contributed by atoms with Crippen molar-refractivity contribution >= 4 is 45.1 Å². The largest absolute Gasteiger partial charge is 0.337 e. The molecule has 0 aliphatic rings. The van der Waals surface area contributed by atoms with Gasteiger partial charge in [-0.25, -0.2) is 4.98 Å². The number of aromatic nitrogens is 5. The Morgan fingerprint density at radius 2 is 2.00 bits per heavy atom. The van der Waals surface area contributed by atoms with Gasteiger partial charge in [-0.1, -0.05) is 41.4 Å². The lowest BCUT2D eigenvalue weighted by Crippen LogP contribution is -2.25.